The van der Waals surface area contributed by atoms with Gasteiger partial charge in [0.25, 0.3) is 5.91 Å². The van der Waals surface area contributed by atoms with E-state index in [9.17, 15) is 9.18 Å². The number of hydrogen-bond donors (Lipinski definition) is 1. The molecule has 3 nitrogen and oxygen atoms in total. The second kappa shape index (κ2) is 5.60. The zero-order chi connectivity index (χ0) is 13.0. The summed E-state index contributed by atoms with van der Waals surface area (Å²) in [7, 11) is 0. The van der Waals surface area contributed by atoms with Crippen molar-refractivity contribution in [1.29, 1.82) is 0 Å². The van der Waals surface area contributed by atoms with E-state index in [4.69, 9.17) is 11.6 Å². The summed E-state index contributed by atoms with van der Waals surface area (Å²) >= 11 is 5.83. The first-order valence-electron chi connectivity index (χ1n) is 5.29. The van der Waals surface area contributed by atoms with Crippen LogP contribution in [0.2, 0.25) is 5.02 Å². The van der Waals surface area contributed by atoms with E-state index in [-0.39, 0.29) is 11.5 Å². The summed E-state index contributed by atoms with van der Waals surface area (Å²) in [5.74, 6) is -1.03. The summed E-state index contributed by atoms with van der Waals surface area (Å²) < 4.78 is 12.8. The number of hydrogen-bond acceptors (Lipinski definition) is 2. The van der Waals surface area contributed by atoms with Gasteiger partial charge in [-0.1, -0.05) is 23.7 Å². The molecule has 1 aromatic heterocycles. The summed E-state index contributed by atoms with van der Waals surface area (Å²) in [4.78, 5) is 15.1. The lowest BCUT2D eigenvalue weighted by atomic mass is 10.2. The third-order valence-electron chi connectivity index (χ3n) is 2.33. The molecule has 0 bridgehead atoms. The fourth-order valence-corrected chi connectivity index (χ4v) is 1.69. The van der Waals surface area contributed by atoms with Crippen LogP contribution in [0.1, 0.15) is 15.9 Å². The summed E-state index contributed by atoms with van der Waals surface area (Å²) in [6.45, 7) is 0.337. The molecule has 0 saturated heterocycles. The Hall–Kier alpha value is -1.94. The normalized spacial score (nSPS) is 10.1. The lowest BCUT2D eigenvalue weighted by Gasteiger charge is -2.05. The van der Waals surface area contributed by atoms with Crippen molar-refractivity contribution in [1.82, 2.24) is 10.3 Å². The number of rotatable bonds is 3. The summed E-state index contributed by atoms with van der Waals surface area (Å²) in [5.41, 5.74) is 1.12. The van der Waals surface area contributed by atoms with E-state index in [1.165, 1.54) is 12.3 Å². The van der Waals surface area contributed by atoms with Gasteiger partial charge in [0.2, 0.25) is 5.95 Å². The molecule has 0 aliphatic rings. The Morgan fingerprint density at radius 2 is 2.17 bits per heavy atom. The first-order valence-corrected chi connectivity index (χ1v) is 5.67. The molecule has 2 rings (SSSR count). The van der Waals surface area contributed by atoms with E-state index < -0.39 is 5.95 Å². The number of aromatic nitrogens is 1. The second-order valence-corrected chi connectivity index (χ2v) is 4.12. The maximum atomic E-state index is 12.8. The third kappa shape index (κ3) is 3.28. The van der Waals surface area contributed by atoms with Gasteiger partial charge >= 0.3 is 0 Å². The molecule has 18 heavy (non-hydrogen) atoms. The molecule has 1 heterocycles. The minimum atomic E-state index is -0.676. The predicted octanol–water partition coefficient (Wildman–Crippen LogP) is 2.80. The average Bonchev–Trinajstić information content (AvgIpc) is 2.36. The molecular formula is C13H10ClFN2O. The van der Waals surface area contributed by atoms with Gasteiger partial charge in [-0.3, -0.25) is 4.79 Å². The van der Waals surface area contributed by atoms with Gasteiger partial charge in [-0.25, -0.2) is 4.98 Å². The number of benzene rings is 1. The number of carbonyl (C=O) groups is 1. The molecule has 0 radical (unpaired) electrons. The summed E-state index contributed by atoms with van der Waals surface area (Å²) in [6.07, 6.45) is 1.25. The van der Waals surface area contributed by atoms with Gasteiger partial charge in [0, 0.05) is 29.4 Å². The average molecular weight is 265 g/mol. The molecule has 1 aromatic carbocycles. The lowest BCUT2D eigenvalue weighted by Crippen LogP contribution is -2.22. The summed E-state index contributed by atoms with van der Waals surface area (Å²) in [6, 6.07) is 9.71. The van der Waals surface area contributed by atoms with E-state index in [0.29, 0.717) is 11.6 Å². The molecule has 0 aliphatic carbocycles. The SMILES string of the molecule is O=C(NCc1cccc(Cl)c1)c1ccnc(F)c1. The largest absolute Gasteiger partial charge is 0.348 e. The maximum Gasteiger partial charge on any atom is 0.251 e. The van der Waals surface area contributed by atoms with Gasteiger partial charge < -0.3 is 5.32 Å². The molecule has 1 N–H and O–H groups in total. The number of nitrogens with zero attached hydrogens (tertiary/aromatic N) is 1. The van der Waals surface area contributed by atoms with Crippen LogP contribution in [-0.4, -0.2) is 10.9 Å². The van der Waals surface area contributed by atoms with Crippen molar-refractivity contribution in [2.45, 2.75) is 6.54 Å². The van der Waals surface area contributed by atoms with Crippen molar-refractivity contribution in [3.05, 3.63) is 64.7 Å². The van der Waals surface area contributed by atoms with E-state index in [1.807, 2.05) is 6.07 Å². The van der Waals surface area contributed by atoms with Crippen molar-refractivity contribution < 1.29 is 9.18 Å². The molecule has 0 atom stereocenters. The Morgan fingerprint density at radius 3 is 2.89 bits per heavy atom. The quantitative estimate of drug-likeness (QED) is 0.866. The fourth-order valence-electron chi connectivity index (χ4n) is 1.48. The van der Waals surface area contributed by atoms with Crippen LogP contribution >= 0.6 is 11.6 Å². The number of carbonyl (C=O) groups excluding carboxylic acids is 1. The first-order chi connectivity index (χ1) is 8.65. The molecule has 1 amide bonds. The van der Waals surface area contributed by atoms with Crippen LogP contribution < -0.4 is 5.32 Å². The van der Waals surface area contributed by atoms with Crippen LogP contribution in [-0.2, 0) is 6.54 Å². The number of halogens is 2. The van der Waals surface area contributed by atoms with Crippen molar-refractivity contribution in [2.75, 3.05) is 0 Å². The first kappa shape index (κ1) is 12.5. The van der Waals surface area contributed by atoms with Gasteiger partial charge in [0.05, 0.1) is 0 Å². The highest BCUT2D eigenvalue weighted by Crippen LogP contribution is 2.10. The zero-order valence-corrected chi connectivity index (χ0v) is 10.1. The zero-order valence-electron chi connectivity index (χ0n) is 9.36. The monoisotopic (exact) mass is 264 g/mol. The Balaban J connectivity index is 2.00. The smallest absolute Gasteiger partial charge is 0.251 e. The van der Waals surface area contributed by atoms with Crippen LogP contribution in [0.3, 0.4) is 0 Å². The highest BCUT2D eigenvalue weighted by atomic mass is 35.5. The van der Waals surface area contributed by atoms with Gasteiger partial charge in [0.1, 0.15) is 0 Å². The molecule has 0 aliphatic heterocycles. The fraction of sp³-hybridized carbons (Fsp3) is 0.0769. The minimum absolute atomic E-state index is 0.240. The molecule has 2 aromatic rings. The van der Waals surface area contributed by atoms with Crippen molar-refractivity contribution in [3.63, 3.8) is 0 Å². The number of pyridine rings is 1. The van der Waals surface area contributed by atoms with Gasteiger partial charge in [0.15, 0.2) is 0 Å². The maximum absolute atomic E-state index is 12.8. The van der Waals surface area contributed by atoms with E-state index >= 15 is 0 Å². The van der Waals surface area contributed by atoms with Gasteiger partial charge in [-0.05, 0) is 23.8 Å². The predicted molar refractivity (Wildman–Crippen MR) is 66.8 cm³/mol. The Morgan fingerprint density at radius 1 is 1.33 bits per heavy atom. The number of nitrogens with one attached hydrogen (secondary N) is 1. The number of amides is 1. The Kier molecular flexibility index (Phi) is 3.89. The van der Waals surface area contributed by atoms with E-state index in [2.05, 4.69) is 10.3 Å². The topological polar surface area (TPSA) is 42.0 Å². The Labute approximate surface area is 109 Å². The van der Waals surface area contributed by atoms with Crippen molar-refractivity contribution in [2.24, 2.45) is 0 Å². The second-order valence-electron chi connectivity index (χ2n) is 3.68. The molecule has 92 valence electrons. The van der Waals surface area contributed by atoms with Gasteiger partial charge in [-0.15, -0.1) is 0 Å². The van der Waals surface area contributed by atoms with Crippen LogP contribution in [0.5, 0.6) is 0 Å². The van der Waals surface area contributed by atoms with Crippen molar-refractivity contribution >= 4 is 17.5 Å². The molecule has 0 unspecified atom stereocenters. The molecule has 0 saturated carbocycles. The van der Waals surface area contributed by atoms with Crippen LogP contribution in [0.25, 0.3) is 0 Å². The highest BCUT2D eigenvalue weighted by Gasteiger charge is 2.06. The standard InChI is InChI=1S/C13H10ClFN2O/c14-11-3-1-2-9(6-11)8-17-13(18)10-4-5-16-12(15)7-10/h1-7H,8H2,(H,17,18). The molecule has 0 fully saturated rings. The highest BCUT2D eigenvalue weighted by molar-refractivity contribution is 6.30. The van der Waals surface area contributed by atoms with Gasteiger partial charge in [-0.2, -0.15) is 4.39 Å². The Bertz CT molecular complexity index is 574. The van der Waals surface area contributed by atoms with Crippen LogP contribution in [0, 0.1) is 5.95 Å². The molecular weight excluding hydrogens is 255 g/mol. The van der Waals surface area contributed by atoms with Crippen molar-refractivity contribution in [3.8, 4) is 0 Å². The minimum Gasteiger partial charge on any atom is -0.348 e. The van der Waals surface area contributed by atoms with E-state index in [0.717, 1.165) is 11.6 Å². The third-order valence-corrected chi connectivity index (χ3v) is 2.57. The molecule has 5 heteroatoms. The van der Waals surface area contributed by atoms with E-state index in [1.54, 1.807) is 18.2 Å². The van der Waals surface area contributed by atoms with Crippen LogP contribution in [0.15, 0.2) is 42.6 Å². The van der Waals surface area contributed by atoms with Crippen LogP contribution in [0.4, 0.5) is 4.39 Å². The lowest BCUT2D eigenvalue weighted by molar-refractivity contribution is 0.0950. The molecule has 0 spiro atoms. The summed E-state index contributed by atoms with van der Waals surface area (Å²) in [5, 5.41) is 3.29.